The Morgan fingerprint density at radius 3 is 2.93 bits per heavy atom. The molecule has 0 bridgehead atoms. The van der Waals surface area contributed by atoms with Crippen molar-refractivity contribution in [2.75, 3.05) is 0 Å². The minimum atomic E-state index is 0.598. The quantitative estimate of drug-likeness (QED) is 0.717. The Hall–Kier alpha value is -1.30. The van der Waals surface area contributed by atoms with Gasteiger partial charge in [-0.1, -0.05) is 11.8 Å². The standard InChI is InChI=1S/C8H10N4OS/c1-6-10-11-7(13-6)5-14-8-9-3-4-12(8)2/h3-4H,5H2,1-2H3. The summed E-state index contributed by atoms with van der Waals surface area (Å²) in [6, 6.07) is 0. The smallest absolute Gasteiger partial charge is 0.226 e. The Kier molecular flexibility index (Phi) is 2.53. The Balaban J connectivity index is 1.98. The van der Waals surface area contributed by atoms with Crippen molar-refractivity contribution in [2.24, 2.45) is 7.05 Å². The van der Waals surface area contributed by atoms with E-state index >= 15 is 0 Å². The Labute approximate surface area is 85.5 Å². The molecule has 0 aliphatic rings. The first-order valence-electron chi connectivity index (χ1n) is 4.15. The topological polar surface area (TPSA) is 56.7 Å². The highest BCUT2D eigenvalue weighted by Crippen LogP contribution is 2.19. The van der Waals surface area contributed by atoms with Crippen LogP contribution in [0, 0.1) is 6.92 Å². The summed E-state index contributed by atoms with van der Waals surface area (Å²) in [5.41, 5.74) is 0. The third-order valence-electron chi connectivity index (χ3n) is 1.67. The molecule has 14 heavy (non-hydrogen) atoms. The van der Waals surface area contributed by atoms with E-state index in [2.05, 4.69) is 15.2 Å². The third-order valence-corrected chi connectivity index (χ3v) is 2.71. The zero-order valence-corrected chi connectivity index (χ0v) is 8.78. The van der Waals surface area contributed by atoms with E-state index in [1.807, 2.05) is 17.8 Å². The average Bonchev–Trinajstić information content (AvgIpc) is 2.72. The maximum atomic E-state index is 5.24. The summed E-state index contributed by atoms with van der Waals surface area (Å²) < 4.78 is 7.19. The van der Waals surface area contributed by atoms with Crippen LogP contribution in [0.5, 0.6) is 0 Å². The molecule has 6 heteroatoms. The van der Waals surface area contributed by atoms with E-state index in [0.717, 1.165) is 5.16 Å². The number of nitrogens with zero attached hydrogens (tertiary/aromatic N) is 4. The van der Waals surface area contributed by atoms with Gasteiger partial charge in [0.05, 0.1) is 5.75 Å². The van der Waals surface area contributed by atoms with Crippen molar-refractivity contribution in [1.29, 1.82) is 0 Å². The maximum Gasteiger partial charge on any atom is 0.226 e. The minimum Gasteiger partial charge on any atom is -0.425 e. The van der Waals surface area contributed by atoms with E-state index in [1.165, 1.54) is 0 Å². The van der Waals surface area contributed by atoms with Crippen LogP contribution in [0.1, 0.15) is 11.8 Å². The summed E-state index contributed by atoms with van der Waals surface area (Å²) in [4.78, 5) is 4.17. The van der Waals surface area contributed by atoms with Gasteiger partial charge in [-0.15, -0.1) is 10.2 Å². The summed E-state index contributed by atoms with van der Waals surface area (Å²) in [5, 5.41) is 8.60. The first-order valence-corrected chi connectivity index (χ1v) is 5.13. The molecule has 0 radical (unpaired) electrons. The second-order valence-electron chi connectivity index (χ2n) is 2.82. The van der Waals surface area contributed by atoms with Crippen LogP contribution in [-0.2, 0) is 12.8 Å². The van der Waals surface area contributed by atoms with Crippen molar-refractivity contribution in [3.05, 3.63) is 24.2 Å². The summed E-state index contributed by atoms with van der Waals surface area (Å²) in [6.07, 6.45) is 3.67. The van der Waals surface area contributed by atoms with Crippen molar-refractivity contribution in [2.45, 2.75) is 17.8 Å². The lowest BCUT2D eigenvalue weighted by molar-refractivity contribution is 0.485. The molecule has 2 rings (SSSR count). The van der Waals surface area contributed by atoms with Crippen molar-refractivity contribution in [3.63, 3.8) is 0 Å². The summed E-state index contributed by atoms with van der Waals surface area (Å²) >= 11 is 1.58. The Bertz CT molecular complexity index is 422. The third kappa shape index (κ3) is 1.95. The van der Waals surface area contributed by atoms with Gasteiger partial charge in [-0.3, -0.25) is 0 Å². The molecule has 0 fully saturated rings. The van der Waals surface area contributed by atoms with Gasteiger partial charge in [0.15, 0.2) is 5.16 Å². The maximum absolute atomic E-state index is 5.24. The molecule has 2 aromatic rings. The molecule has 0 spiro atoms. The fourth-order valence-electron chi connectivity index (χ4n) is 1.01. The van der Waals surface area contributed by atoms with E-state index in [4.69, 9.17) is 4.42 Å². The molecule has 2 aromatic heterocycles. The van der Waals surface area contributed by atoms with Crippen LogP contribution in [0.3, 0.4) is 0 Å². The summed E-state index contributed by atoms with van der Waals surface area (Å²) in [7, 11) is 1.95. The van der Waals surface area contributed by atoms with Gasteiger partial charge in [0.2, 0.25) is 11.8 Å². The molecule has 74 valence electrons. The van der Waals surface area contributed by atoms with Gasteiger partial charge in [-0.25, -0.2) is 4.98 Å². The number of imidazole rings is 1. The lowest BCUT2D eigenvalue weighted by atomic mass is 10.8. The molecule has 2 heterocycles. The molecule has 0 N–H and O–H groups in total. The second-order valence-corrected chi connectivity index (χ2v) is 3.77. The highest BCUT2D eigenvalue weighted by atomic mass is 32.2. The molecule has 0 saturated carbocycles. The van der Waals surface area contributed by atoms with Crippen molar-refractivity contribution < 1.29 is 4.42 Å². The summed E-state index contributed by atoms with van der Waals surface area (Å²) in [6.45, 7) is 1.78. The normalized spacial score (nSPS) is 10.7. The molecular formula is C8H10N4OS. The van der Waals surface area contributed by atoms with Crippen LogP contribution in [0.15, 0.2) is 22.0 Å². The predicted octanol–water partition coefficient (Wildman–Crippen LogP) is 1.40. The lowest BCUT2D eigenvalue weighted by Gasteiger charge is -1.97. The Morgan fingerprint density at radius 1 is 1.50 bits per heavy atom. The van der Waals surface area contributed by atoms with Crippen molar-refractivity contribution in [3.8, 4) is 0 Å². The monoisotopic (exact) mass is 210 g/mol. The van der Waals surface area contributed by atoms with Gasteiger partial charge >= 0.3 is 0 Å². The van der Waals surface area contributed by atoms with Crippen LogP contribution in [0.2, 0.25) is 0 Å². The number of rotatable bonds is 3. The predicted molar refractivity (Wildman–Crippen MR) is 51.8 cm³/mol. The molecule has 0 unspecified atom stereocenters. The van der Waals surface area contributed by atoms with Crippen LogP contribution < -0.4 is 0 Å². The van der Waals surface area contributed by atoms with Gasteiger partial charge in [0, 0.05) is 26.4 Å². The molecular weight excluding hydrogens is 200 g/mol. The second kappa shape index (κ2) is 3.83. The van der Waals surface area contributed by atoms with E-state index in [-0.39, 0.29) is 0 Å². The number of hydrogen-bond donors (Lipinski definition) is 0. The van der Waals surface area contributed by atoms with Gasteiger partial charge < -0.3 is 8.98 Å². The highest BCUT2D eigenvalue weighted by molar-refractivity contribution is 7.98. The van der Waals surface area contributed by atoms with E-state index < -0.39 is 0 Å². The molecule has 5 nitrogen and oxygen atoms in total. The molecule has 0 atom stereocenters. The van der Waals surface area contributed by atoms with E-state index in [0.29, 0.717) is 17.5 Å². The minimum absolute atomic E-state index is 0.598. The van der Waals surface area contributed by atoms with Crippen LogP contribution in [0.25, 0.3) is 0 Å². The summed E-state index contributed by atoms with van der Waals surface area (Å²) in [5.74, 6) is 1.89. The number of hydrogen-bond acceptors (Lipinski definition) is 5. The van der Waals surface area contributed by atoms with Crippen LogP contribution in [0.4, 0.5) is 0 Å². The zero-order chi connectivity index (χ0) is 9.97. The van der Waals surface area contributed by atoms with Crippen molar-refractivity contribution in [1.82, 2.24) is 19.7 Å². The number of thioether (sulfide) groups is 1. The van der Waals surface area contributed by atoms with E-state index in [1.54, 1.807) is 24.9 Å². The average molecular weight is 210 g/mol. The largest absolute Gasteiger partial charge is 0.425 e. The zero-order valence-electron chi connectivity index (χ0n) is 7.97. The van der Waals surface area contributed by atoms with Crippen LogP contribution in [-0.4, -0.2) is 19.7 Å². The molecule has 0 saturated heterocycles. The Morgan fingerprint density at radius 2 is 2.36 bits per heavy atom. The molecule has 0 aliphatic carbocycles. The number of aromatic nitrogens is 4. The lowest BCUT2D eigenvalue weighted by Crippen LogP contribution is -1.89. The number of aryl methyl sites for hydroxylation is 2. The SMILES string of the molecule is Cc1nnc(CSc2nccn2C)o1. The van der Waals surface area contributed by atoms with E-state index in [9.17, 15) is 0 Å². The van der Waals surface area contributed by atoms with Crippen LogP contribution >= 0.6 is 11.8 Å². The fraction of sp³-hybridized carbons (Fsp3) is 0.375. The van der Waals surface area contributed by atoms with Crippen molar-refractivity contribution >= 4 is 11.8 Å². The van der Waals surface area contributed by atoms with Gasteiger partial charge in [-0.2, -0.15) is 0 Å². The van der Waals surface area contributed by atoms with Gasteiger partial charge in [0.1, 0.15) is 0 Å². The molecule has 0 aromatic carbocycles. The fourth-order valence-corrected chi connectivity index (χ4v) is 1.78. The first-order chi connectivity index (χ1) is 6.75. The van der Waals surface area contributed by atoms with Gasteiger partial charge in [-0.05, 0) is 0 Å². The molecule has 0 amide bonds. The first kappa shape index (κ1) is 9.26. The molecule has 0 aliphatic heterocycles. The van der Waals surface area contributed by atoms with Gasteiger partial charge in [0.25, 0.3) is 0 Å². The highest BCUT2D eigenvalue weighted by Gasteiger charge is 2.05.